The predicted molar refractivity (Wildman–Crippen MR) is 102 cm³/mol. The highest BCUT2D eigenvalue weighted by Crippen LogP contribution is 2.25. The van der Waals surface area contributed by atoms with E-state index in [2.05, 4.69) is 15.8 Å². The van der Waals surface area contributed by atoms with Crippen molar-refractivity contribution >= 4 is 58.5 Å². The molecule has 0 aliphatic heterocycles. The quantitative estimate of drug-likeness (QED) is 0.555. The van der Waals surface area contributed by atoms with E-state index in [4.69, 9.17) is 34.8 Å². The zero-order valence-electron chi connectivity index (χ0n) is 12.9. The van der Waals surface area contributed by atoms with Crippen LogP contribution in [-0.4, -0.2) is 18.0 Å². The first kappa shape index (κ1) is 19.2. The molecule has 0 fully saturated rings. The number of carbonyl (C=O) groups is 2. The highest BCUT2D eigenvalue weighted by molar-refractivity contribution is 6.36. The Kier molecular flexibility index (Phi) is 7.25. The van der Waals surface area contributed by atoms with Gasteiger partial charge in [0.15, 0.2) is 0 Å². The molecule has 25 heavy (non-hydrogen) atoms. The van der Waals surface area contributed by atoms with Crippen molar-refractivity contribution in [3.8, 4) is 0 Å². The number of anilines is 1. The molecule has 0 aromatic heterocycles. The molecule has 2 aromatic carbocycles. The molecule has 0 atom stereocenters. The Balaban J connectivity index is 1.77. The van der Waals surface area contributed by atoms with Gasteiger partial charge in [-0.25, -0.2) is 5.43 Å². The second kappa shape index (κ2) is 9.42. The van der Waals surface area contributed by atoms with Gasteiger partial charge in [0.1, 0.15) is 0 Å². The van der Waals surface area contributed by atoms with E-state index in [1.807, 2.05) is 0 Å². The summed E-state index contributed by atoms with van der Waals surface area (Å²) < 4.78 is 0. The maximum atomic E-state index is 11.9. The Morgan fingerprint density at radius 2 is 1.68 bits per heavy atom. The average Bonchev–Trinajstić information content (AvgIpc) is 2.57. The SMILES string of the molecule is O=C(CCC(=O)Nc1ccc(Cl)cc1Cl)N/N=C/c1ccccc1Cl. The molecule has 0 heterocycles. The number of hydrogen-bond donors (Lipinski definition) is 2. The molecule has 0 saturated carbocycles. The third-order valence-electron chi connectivity index (χ3n) is 3.08. The molecule has 8 heteroatoms. The summed E-state index contributed by atoms with van der Waals surface area (Å²) in [7, 11) is 0. The van der Waals surface area contributed by atoms with E-state index in [0.29, 0.717) is 26.3 Å². The highest BCUT2D eigenvalue weighted by atomic mass is 35.5. The molecule has 0 unspecified atom stereocenters. The Morgan fingerprint density at radius 1 is 0.960 bits per heavy atom. The molecule has 0 spiro atoms. The van der Waals surface area contributed by atoms with Crippen LogP contribution < -0.4 is 10.7 Å². The number of nitrogens with one attached hydrogen (secondary N) is 2. The van der Waals surface area contributed by atoms with Crippen molar-refractivity contribution < 1.29 is 9.59 Å². The van der Waals surface area contributed by atoms with Crippen LogP contribution in [0, 0.1) is 0 Å². The summed E-state index contributed by atoms with van der Waals surface area (Å²) in [5.74, 6) is -0.727. The fourth-order valence-corrected chi connectivity index (χ4v) is 2.48. The van der Waals surface area contributed by atoms with E-state index in [-0.39, 0.29) is 24.7 Å². The van der Waals surface area contributed by atoms with Gasteiger partial charge in [0.25, 0.3) is 0 Å². The van der Waals surface area contributed by atoms with Crippen molar-refractivity contribution in [1.29, 1.82) is 0 Å². The lowest BCUT2D eigenvalue weighted by Crippen LogP contribution is -2.20. The van der Waals surface area contributed by atoms with Gasteiger partial charge in [0.2, 0.25) is 11.8 Å². The van der Waals surface area contributed by atoms with Gasteiger partial charge in [-0.05, 0) is 24.3 Å². The second-order valence-electron chi connectivity index (χ2n) is 4.99. The van der Waals surface area contributed by atoms with E-state index < -0.39 is 0 Å². The molecule has 0 radical (unpaired) electrons. The first-order valence-corrected chi connectivity index (χ1v) is 8.40. The molecule has 0 bridgehead atoms. The van der Waals surface area contributed by atoms with Crippen molar-refractivity contribution in [2.24, 2.45) is 5.10 Å². The summed E-state index contributed by atoms with van der Waals surface area (Å²) in [6, 6.07) is 11.8. The maximum absolute atomic E-state index is 11.9. The molecule has 2 aromatic rings. The number of halogens is 3. The standard InChI is InChI=1S/C17H14Cl3N3O2/c18-12-5-6-15(14(20)9-12)22-16(24)7-8-17(25)23-21-10-11-3-1-2-4-13(11)19/h1-6,9-10H,7-8H2,(H,22,24)(H,23,25)/b21-10+. The fraction of sp³-hybridized carbons (Fsp3) is 0.118. The minimum Gasteiger partial charge on any atom is -0.325 e. The topological polar surface area (TPSA) is 70.6 Å². The first-order chi connectivity index (χ1) is 12.0. The van der Waals surface area contributed by atoms with Gasteiger partial charge in [-0.3, -0.25) is 9.59 Å². The average molecular weight is 399 g/mol. The Bertz CT molecular complexity index is 809. The van der Waals surface area contributed by atoms with Crippen LogP contribution in [0.3, 0.4) is 0 Å². The molecule has 2 rings (SSSR count). The molecule has 5 nitrogen and oxygen atoms in total. The van der Waals surface area contributed by atoms with Crippen LogP contribution in [-0.2, 0) is 9.59 Å². The van der Waals surface area contributed by atoms with Gasteiger partial charge in [0, 0.05) is 28.5 Å². The second-order valence-corrected chi connectivity index (χ2v) is 6.24. The van der Waals surface area contributed by atoms with Crippen molar-refractivity contribution in [2.45, 2.75) is 12.8 Å². The smallest absolute Gasteiger partial charge is 0.240 e. The van der Waals surface area contributed by atoms with Gasteiger partial charge < -0.3 is 5.32 Å². The lowest BCUT2D eigenvalue weighted by Gasteiger charge is -2.07. The maximum Gasteiger partial charge on any atom is 0.240 e. The van der Waals surface area contributed by atoms with Crippen LogP contribution in [0.5, 0.6) is 0 Å². The zero-order valence-corrected chi connectivity index (χ0v) is 15.2. The summed E-state index contributed by atoms with van der Waals surface area (Å²) in [5, 5.41) is 7.76. The van der Waals surface area contributed by atoms with Crippen molar-refractivity contribution in [2.75, 3.05) is 5.32 Å². The third-order valence-corrected chi connectivity index (χ3v) is 3.97. The minimum atomic E-state index is -0.388. The Hall–Kier alpha value is -2.08. The lowest BCUT2D eigenvalue weighted by molar-refractivity contribution is -0.124. The van der Waals surface area contributed by atoms with Crippen LogP contribution in [0.2, 0.25) is 15.1 Å². The molecular formula is C17H14Cl3N3O2. The molecule has 2 amide bonds. The minimum absolute atomic E-state index is 0.00754. The predicted octanol–water partition coefficient (Wildman–Crippen LogP) is 4.52. The van der Waals surface area contributed by atoms with E-state index >= 15 is 0 Å². The highest BCUT2D eigenvalue weighted by Gasteiger charge is 2.09. The first-order valence-electron chi connectivity index (χ1n) is 7.27. The van der Waals surface area contributed by atoms with Gasteiger partial charge in [0.05, 0.1) is 16.9 Å². The number of carbonyl (C=O) groups excluding carboxylic acids is 2. The van der Waals surface area contributed by atoms with Crippen molar-refractivity contribution in [3.05, 3.63) is 63.1 Å². The largest absolute Gasteiger partial charge is 0.325 e. The summed E-state index contributed by atoms with van der Waals surface area (Å²) in [6.45, 7) is 0. The molecule has 2 N–H and O–H groups in total. The molecule has 0 aliphatic rings. The van der Waals surface area contributed by atoms with Gasteiger partial charge in [-0.1, -0.05) is 53.0 Å². The van der Waals surface area contributed by atoms with E-state index in [9.17, 15) is 9.59 Å². The number of amides is 2. The van der Waals surface area contributed by atoms with Crippen LogP contribution in [0.4, 0.5) is 5.69 Å². The normalized spacial score (nSPS) is 10.7. The summed E-state index contributed by atoms with van der Waals surface area (Å²) >= 11 is 17.7. The molecular weight excluding hydrogens is 385 g/mol. The van der Waals surface area contributed by atoms with E-state index in [1.54, 1.807) is 36.4 Å². The van der Waals surface area contributed by atoms with Crippen molar-refractivity contribution in [1.82, 2.24) is 5.43 Å². The number of benzene rings is 2. The van der Waals surface area contributed by atoms with Crippen molar-refractivity contribution in [3.63, 3.8) is 0 Å². The summed E-state index contributed by atoms with van der Waals surface area (Å²) in [6.07, 6.45) is 1.41. The zero-order chi connectivity index (χ0) is 18.2. The summed E-state index contributed by atoms with van der Waals surface area (Å²) in [4.78, 5) is 23.6. The molecule has 0 saturated heterocycles. The van der Waals surface area contributed by atoms with E-state index in [1.165, 1.54) is 12.3 Å². The number of hydrogen-bond acceptors (Lipinski definition) is 3. The van der Waals surface area contributed by atoms with Gasteiger partial charge >= 0.3 is 0 Å². The van der Waals surface area contributed by atoms with Crippen LogP contribution in [0.25, 0.3) is 0 Å². The fourth-order valence-electron chi connectivity index (χ4n) is 1.84. The van der Waals surface area contributed by atoms with Crippen LogP contribution in [0.15, 0.2) is 47.6 Å². The van der Waals surface area contributed by atoms with Crippen LogP contribution in [0.1, 0.15) is 18.4 Å². The lowest BCUT2D eigenvalue weighted by atomic mass is 10.2. The molecule has 130 valence electrons. The number of rotatable bonds is 6. The summed E-state index contributed by atoms with van der Waals surface area (Å²) in [5.41, 5.74) is 3.46. The number of hydrazone groups is 1. The molecule has 0 aliphatic carbocycles. The third kappa shape index (κ3) is 6.38. The number of nitrogens with zero attached hydrogens (tertiary/aromatic N) is 1. The van der Waals surface area contributed by atoms with Gasteiger partial charge in [-0.2, -0.15) is 5.10 Å². The van der Waals surface area contributed by atoms with E-state index in [0.717, 1.165) is 0 Å². The Labute approximate surface area is 160 Å². The monoisotopic (exact) mass is 397 g/mol. The van der Waals surface area contributed by atoms with Crippen LogP contribution >= 0.6 is 34.8 Å². The Morgan fingerprint density at radius 3 is 2.40 bits per heavy atom. The van der Waals surface area contributed by atoms with Gasteiger partial charge in [-0.15, -0.1) is 0 Å².